The summed E-state index contributed by atoms with van der Waals surface area (Å²) in [6.45, 7) is 9.43. The fourth-order valence-corrected chi connectivity index (χ4v) is 4.98. The van der Waals surface area contributed by atoms with E-state index in [2.05, 4.69) is 32.3 Å². The maximum atomic E-state index is 12.2. The number of hydrogen-bond acceptors (Lipinski definition) is 1. The van der Waals surface area contributed by atoms with Crippen LogP contribution in [0.1, 0.15) is 39.0 Å². The summed E-state index contributed by atoms with van der Waals surface area (Å²) in [6, 6.07) is 0. The van der Waals surface area contributed by atoms with Gasteiger partial charge in [0.1, 0.15) is 5.78 Å². The van der Waals surface area contributed by atoms with Crippen molar-refractivity contribution in [2.24, 2.45) is 11.3 Å². The van der Waals surface area contributed by atoms with Gasteiger partial charge in [-0.2, -0.15) is 0 Å². The molecule has 2 heteroatoms. The Balaban J connectivity index is 2.32. The predicted molar refractivity (Wildman–Crippen MR) is 71.1 cm³/mol. The zero-order chi connectivity index (χ0) is 12.0. The highest BCUT2D eigenvalue weighted by Gasteiger charge is 2.47. The number of allylic oxidation sites excluding steroid dienone is 1. The number of carbonyl (C=O) groups is 1. The first-order valence-corrected chi connectivity index (χ1v) is 10.1. The van der Waals surface area contributed by atoms with Crippen molar-refractivity contribution in [2.45, 2.75) is 58.7 Å². The minimum atomic E-state index is -1.18. The number of hydrogen-bond donors (Lipinski definition) is 0. The summed E-state index contributed by atoms with van der Waals surface area (Å²) >= 11 is 0. The molecule has 0 heterocycles. The lowest BCUT2D eigenvalue weighted by atomic mass is 9.68. The van der Waals surface area contributed by atoms with E-state index in [1.165, 1.54) is 24.8 Å². The molecule has 2 fully saturated rings. The van der Waals surface area contributed by atoms with E-state index >= 15 is 0 Å². The fourth-order valence-electron chi connectivity index (χ4n) is 3.55. The maximum absolute atomic E-state index is 12.2. The van der Waals surface area contributed by atoms with Gasteiger partial charge in [0, 0.05) is 12.3 Å². The van der Waals surface area contributed by atoms with Gasteiger partial charge in [-0.3, -0.25) is 4.79 Å². The molecule has 0 radical (unpaired) electrons. The average molecular weight is 236 g/mol. The second-order valence-electron chi connectivity index (χ2n) is 6.99. The second kappa shape index (κ2) is 3.83. The fraction of sp³-hybridized carbons (Fsp3) is 0.786. The van der Waals surface area contributed by atoms with Crippen LogP contribution in [-0.4, -0.2) is 13.9 Å². The van der Waals surface area contributed by atoms with E-state index < -0.39 is 8.07 Å². The standard InChI is InChI=1S/C14H24OSi/c1-14-8-5-6-12(15)13(14)11(7-9-14)10-16(2,3)4/h10,13H,5-9H2,1-4H3/b11-10+/t13?,14-/m0/s1. The first kappa shape index (κ1) is 12.1. The summed E-state index contributed by atoms with van der Waals surface area (Å²) in [7, 11) is -1.18. The molecule has 2 atom stereocenters. The summed E-state index contributed by atoms with van der Waals surface area (Å²) < 4.78 is 0. The second-order valence-corrected chi connectivity index (χ2v) is 12.0. The van der Waals surface area contributed by atoms with Crippen molar-refractivity contribution in [3.8, 4) is 0 Å². The van der Waals surface area contributed by atoms with Gasteiger partial charge in [0.05, 0.1) is 8.07 Å². The number of rotatable bonds is 1. The number of fused-ring (bicyclic) bond motifs is 1. The molecule has 0 aromatic heterocycles. The Labute approximate surface area is 100 Å². The molecule has 1 unspecified atom stereocenters. The molecule has 2 aliphatic rings. The molecule has 0 amide bonds. The Morgan fingerprint density at radius 3 is 2.56 bits per heavy atom. The monoisotopic (exact) mass is 236 g/mol. The molecule has 2 saturated carbocycles. The Morgan fingerprint density at radius 2 is 1.94 bits per heavy atom. The van der Waals surface area contributed by atoms with Crippen LogP contribution in [-0.2, 0) is 4.79 Å². The van der Waals surface area contributed by atoms with Crippen LogP contribution in [0, 0.1) is 11.3 Å². The first-order valence-electron chi connectivity index (χ1n) is 6.56. The number of ketones is 1. The molecule has 0 bridgehead atoms. The minimum absolute atomic E-state index is 0.285. The Bertz CT molecular complexity index is 337. The smallest absolute Gasteiger partial charge is 0.140 e. The van der Waals surface area contributed by atoms with Crippen LogP contribution in [0.5, 0.6) is 0 Å². The van der Waals surface area contributed by atoms with Crippen molar-refractivity contribution in [3.63, 3.8) is 0 Å². The molecular weight excluding hydrogens is 212 g/mol. The van der Waals surface area contributed by atoms with Crippen LogP contribution in [0.15, 0.2) is 11.3 Å². The van der Waals surface area contributed by atoms with Gasteiger partial charge in [0.2, 0.25) is 0 Å². The molecule has 0 saturated heterocycles. The Morgan fingerprint density at radius 1 is 1.25 bits per heavy atom. The summed E-state index contributed by atoms with van der Waals surface area (Å²) in [5.41, 5.74) is 4.29. The third-order valence-electron chi connectivity index (χ3n) is 4.16. The Kier molecular flexibility index (Phi) is 2.90. The summed E-state index contributed by atoms with van der Waals surface area (Å²) in [6.07, 6.45) is 5.61. The average Bonchev–Trinajstić information content (AvgIpc) is 2.41. The predicted octanol–water partition coefficient (Wildman–Crippen LogP) is 3.96. The highest BCUT2D eigenvalue weighted by atomic mass is 28.3. The van der Waals surface area contributed by atoms with Crippen LogP contribution in [0.2, 0.25) is 19.6 Å². The lowest BCUT2D eigenvalue weighted by Crippen LogP contribution is -2.34. The summed E-state index contributed by atoms with van der Waals surface area (Å²) in [4.78, 5) is 12.2. The van der Waals surface area contributed by atoms with E-state index in [-0.39, 0.29) is 5.92 Å². The van der Waals surface area contributed by atoms with E-state index in [9.17, 15) is 4.79 Å². The summed E-state index contributed by atoms with van der Waals surface area (Å²) in [5, 5.41) is 0. The van der Waals surface area contributed by atoms with E-state index in [4.69, 9.17) is 0 Å². The molecule has 1 nitrogen and oxygen atoms in total. The number of carbonyl (C=O) groups excluding carboxylic acids is 1. The largest absolute Gasteiger partial charge is 0.299 e. The topological polar surface area (TPSA) is 17.1 Å². The normalized spacial score (nSPS) is 37.9. The molecular formula is C14H24OSi. The summed E-state index contributed by atoms with van der Waals surface area (Å²) in [5.74, 6) is 0.809. The molecule has 16 heavy (non-hydrogen) atoms. The molecule has 2 rings (SSSR count). The van der Waals surface area contributed by atoms with Gasteiger partial charge in [-0.25, -0.2) is 0 Å². The van der Waals surface area contributed by atoms with Gasteiger partial charge in [0.15, 0.2) is 0 Å². The highest BCUT2D eigenvalue weighted by molar-refractivity contribution is 6.81. The zero-order valence-electron chi connectivity index (χ0n) is 11.1. The third kappa shape index (κ3) is 2.17. The van der Waals surface area contributed by atoms with Crippen LogP contribution < -0.4 is 0 Å². The van der Waals surface area contributed by atoms with Crippen molar-refractivity contribution in [1.29, 1.82) is 0 Å². The van der Waals surface area contributed by atoms with Gasteiger partial charge in [-0.1, -0.05) is 37.8 Å². The Hall–Kier alpha value is -0.373. The highest BCUT2D eigenvalue weighted by Crippen LogP contribution is 2.53. The quantitative estimate of drug-likeness (QED) is 0.630. The van der Waals surface area contributed by atoms with E-state index in [0.717, 1.165) is 12.8 Å². The van der Waals surface area contributed by atoms with Gasteiger partial charge in [-0.05, 0) is 31.1 Å². The SMILES string of the molecule is C[C@@]12CCCC(=O)C1/C(=C/[Si](C)(C)C)CC2. The van der Waals surface area contributed by atoms with Gasteiger partial charge in [0.25, 0.3) is 0 Å². The van der Waals surface area contributed by atoms with E-state index in [1.54, 1.807) is 0 Å². The molecule has 0 aromatic carbocycles. The number of Topliss-reactive ketones (excluding diaryl/α,β-unsaturated/α-hetero) is 1. The lowest BCUT2D eigenvalue weighted by Gasteiger charge is -2.35. The van der Waals surface area contributed by atoms with Gasteiger partial charge < -0.3 is 0 Å². The molecule has 0 spiro atoms. The van der Waals surface area contributed by atoms with Crippen molar-refractivity contribution in [1.82, 2.24) is 0 Å². The van der Waals surface area contributed by atoms with Crippen molar-refractivity contribution < 1.29 is 4.79 Å². The van der Waals surface area contributed by atoms with E-state index in [0.29, 0.717) is 11.2 Å². The van der Waals surface area contributed by atoms with Crippen LogP contribution >= 0.6 is 0 Å². The van der Waals surface area contributed by atoms with Crippen LogP contribution in [0.4, 0.5) is 0 Å². The lowest BCUT2D eigenvalue weighted by molar-refractivity contribution is -0.127. The minimum Gasteiger partial charge on any atom is -0.299 e. The third-order valence-corrected chi connectivity index (χ3v) is 5.40. The molecule has 0 aromatic rings. The van der Waals surface area contributed by atoms with Crippen LogP contribution in [0.3, 0.4) is 0 Å². The van der Waals surface area contributed by atoms with E-state index in [1.807, 2.05) is 0 Å². The van der Waals surface area contributed by atoms with Gasteiger partial charge in [-0.15, -0.1) is 0 Å². The molecule has 0 N–H and O–H groups in total. The van der Waals surface area contributed by atoms with Gasteiger partial charge >= 0.3 is 0 Å². The van der Waals surface area contributed by atoms with Crippen LogP contribution in [0.25, 0.3) is 0 Å². The molecule has 90 valence electrons. The van der Waals surface area contributed by atoms with Crippen molar-refractivity contribution in [2.75, 3.05) is 0 Å². The van der Waals surface area contributed by atoms with Crippen molar-refractivity contribution in [3.05, 3.63) is 11.3 Å². The maximum Gasteiger partial charge on any atom is 0.140 e. The molecule has 0 aliphatic heterocycles. The zero-order valence-corrected chi connectivity index (χ0v) is 12.1. The molecule has 2 aliphatic carbocycles. The van der Waals surface area contributed by atoms with Crippen molar-refractivity contribution >= 4 is 13.9 Å². The first-order chi connectivity index (χ1) is 7.32.